The van der Waals surface area contributed by atoms with Crippen LogP contribution in [0.15, 0.2) is 47.2 Å². The number of hydrogen-bond acceptors (Lipinski definition) is 7. The third-order valence-electron chi connectivity index (χ3n) is 10.1. The van der Waals surface area contributed by atoms with Crippen molar-refractivity contribution in [1.29, 1.82) is 0 Å². The van der Waals surface area contributed by atoms with Gasteiger partial charge in [0.1, 0.15) is 29.9 Å². The molecule has 4 heterocycles. The van der Waals surface area contributed by atoms with Gasteiger partial charge in [-0.2, -0.15) is 5.10 Å². The van der Waals surface area contributed by atoms with Gasteiger partial charge >= 0.3 is 0 Å². The summed E-state index contributed by atoms with van der Waals surface area (Å²) in [6.45, 7) is 3.43. The number of nitrogens with one attached hydrogen (secondary N) is 2. The standard InChI is InChI=1S/C36H37BrFN7O4/c1-20(46)33-26-12-23(24-16-39-21(2)40-17-24)11-22-7-5-3-4-6-8-31(47)41-19-36-14-29(35(49)42-28-13-25(37)9-10-27(28)38)45(30(36)15-36)32(48)18-44(43-33)34(22)26/h9-13,16-17,29-30H,3-8,14-15,18-19H2,1-2H3,(H,41,47)(H,42,49)/t29-,30+,36-/m0/s1. The first-order chi connectivity index (χ1) is 23.5. The maximum absolute atomic E-state index is 14.7. The lowest BCUT2D eigenvalue weighted by Crippen LogP contribution is -2.46. The van der Waals surface area contributed by atoms with E-state index in [-0.39, 0.29) is 41.6 Å². The van der Waals surface area contributed by atoms with Gasteiger partial charge in [0.15, 0.2) is 5.78 Å². The van der Waals surface area contributed by atoms with Gasteiger partial charge in [0.25, 0.3) is 0 Å². The fourth-order valence-corrected chi connectivity index (χ4v) is 7.84. The number of ketones is 1. The highest BCUT2D eigenvalue weighted by Gasteiger charge is 2.67. The number of carbonyl (C=O) groups is 4. The molecule has 1 saturated carbocycles. The fraction of sp³-hybridized carbons (Fsp3) is 0.417. The van der Waals surface area contributed by atoms with E-state index in [1.165, 1.54) is 25.1 Å². The largest absolute Gasteiger partial charge is 0.355 e. The Kier molecular flexibility index (Phi) is 8.80. The zero-order valence-electron chi connectivity index (χ0n) is 27.4. The summed E-state index contributed by atoms with van der Waals surface area (Å²) in [4.78, 5) is 64.3. The molecule has 2 bridgehead atoms. The van der Waals surface area contributed by atoms with Gasteiger partial charge < -0.3 is 15.5 Å². The van der Waals surface area contributed by atoms with E-state index < -0.39 is 23.2 Å². The van der Waals surface area contributed by atoms with E-state index in [4.69, 9.17) is 5.10 Å². The van der Waals surface area contributed by atoms with Gasteiger partial charge in [-0.05, 0) is 80.5 Å². The van der Waals surface area contributed by atoms with Crippen LogP contribution in [0.2, 0.25) is 0 Å². The molecule has 0 radical (unpaired) electrons. The minimum Gasteiger partial charge on any atom is -0.355 e. The molecule has 2 aromatic carbocycles. The van der Waals surface area contributed by atoms with Crippen molar-refractivity contribution >= 4 is 56.0 Å². The van der Waals surface area contributed by atoms with Gasteiger partial charge in [-0.15, -0.1) is 0 Å². The van der Waals surface area contributed by atoms with Crippen LogP contribution in [0, 0.1) is 18.2 Å². The number of aryl methyl sites for hydroxylation is 2. The average molecular weight is 731 g/mol. The number of nitrogens with zero attached hydrogens (tertiary/aromatic N) is 5. The minimum atomic E-state index is -0.887. The number of hydrogen-bond donors (Lipinski definition) is 2. The van der Waals surface area contributed by atoms with Crippen LogP contribution in [-0.2, 0) is 27.3 Å². The van der Waals surface area contributed by atoms with Crippen LogP contribution in [0.4, 0.5) is 10.1 Å². The highest BCUT2D eigenvalue weighted by molar-refractivity contribution is 9.10. The lowest BCUT2D eigenvalue weighted by molar-refractivity contribution is -0.138. The van der Waals surface area contributed by atoms with E-state index in [2.05, 4.69) is 42.6 Å². The van der Waals surface area contributed by atoms with Gasteiger partial charge in [0.2, 0.25) is 17.7 Å². The summed E-state index contributed by atoms with van der Waals surface area (Å²) in [6, 6.07) is 7.06. The molecule has 2 aromatic heterocycles. The highest BCUT2D eigenvalue weighted by Crippen LogP contribution is 2.59. The molecule has 254 valence electrons. The Balaban J connectivity index is 1.29. The molecular formula is C36H37BrFN7O4. The van der Waals surface area contributed by atoms with Crippen molar-refractivity contribution in [2.24, 2.45) is 5.41 Å². The van der Waals surface area contributed by atoms with E-state index in [1.807, 2.05) is 13.0 Å². The van der Waals surface area contributed by atoms with Gasteiger partial charge in [-0.1, -0.05) is 28.8 Å². The monoisotopic (exact) mass is 729 g/mol. The molecule has 4 aromatic rings. The molecule has 13 heteroatoms. The number of anilines is 1. The van der Waals surface area contributed by atoms with Crippen molar-refractivity contribution in [3.05, 3.63) is 70.1 Å². The predicted octanol–water partition coefficient (Wildman–Crippen LogP) is 5.53. The van der Waals surface area contributed by atoms with Crippen molar-refractivity contribution in [3.8, 4) is 11.1 Å². The lowest BCUT2D eigenvalue weighted by atomic mass is 9.96. The van der Waals surface area contributed by atoms with E-state index in [0.717, 1.165) is 42.4 Å². The van der Waals surface area contributed by atoms with Crippen molar-refractivity contribution in [2.75, 3.05) is 11.9 Å². The van der Waals surface area contributed by atoms with E-state index in [9.17, 15) is 23.6 Å². The van der Waals surface area contributed by atoms with Gasteiger partial charge in [-0.3, -0.25) is 23.9 Å². The van der Waals surface area contributed by atoms with Gasteiger partial charge in [-0.25, -0.2) is 14.4 Å². The van der Waals surface area contributed by atoms with E-state index in [1.54, 1.807) is 22.0 Å². The van der Waals surface area contributed by atoms with Crippen LogP contribution in [0.3, 0.4) is 0 Å². The molecule has 2 aliphatic heterocycles. The molecule has 0 spiro atoms. The summed E-state index contributed by atoms with van der Waals surface area (Å²) in [5, 5.41) is 11.1. The van der Waals surface area contributed by atoms with Crippen LogP contribution < -0.4 is 10.6 Å². The summed E-state index contributed by atoms with van der Waals surface area (Å²) in [5.41, 5.74) is 3.10. The normalized spacial score (nSPS) is 22.7. The molecule has 1 aliphatic carbocycles. The zero-order valence-corrected chi connectivity index (χ0v) is 29.0. The Bertz CT molecular complexity index is 2000. The molecule has 1 saturated heterocycles. The fourth-order valence-electron chi connectivity index (χ4n) is 7.48. The molecule has 49 heavy (non-hydrogen) atoms. The zero-order chi connectivity index (χ0) is 34.4. The Morgan fingerprint density at radius 1 is 1.02 bits per heavy atom. The Labute approximate surface area is 291 Å². The second-order valence-corrected chi connectivity index (χ2v) is 14.4. The van der Waals surface area contributed by atoms with Crippen LogP contribution >= 0.6 is 15.9 Å². The number of amides is 3. The predicted molar refractivity (Wildman–Crippen MR) is 184 cm³/mol. The summed E-state index contributed by atoms with van der Waals surface area (Å²) < 4.78 is 16.9. The SMILES string of the molecule is CC(=O)c1nn2c3c(cc(-c4cnc(C)nc4)cc13)CCCCCCC(=O)NC[C@@]13C[C@@H](C(=O)Nc4cc(Br)ccc4F)N(C(=O)C2)[C@@H]1C3. The number of Topliss-reactive ketones (excluding diaryl/α,β-unsaturated/α-hetero) is 1. The molecule has 3 atom stereocenters. The second-order valence-electron chi connectivity index (χ2n) is 13.5. The van der Waals surface area contributed by atoms with Gasteiger partial charge in [0.05, 0.1) is 11.2 Å². The first-order valence-electron chi connectivity index (χ1n) is 16.7. The Morgan fingerprint density at radius 2 is 1.78 bits per heavy atom. The summed E-state index contributed by atoms with van der Waals surface area (Å²) in [5.74, 6) is -1.06. The lowest BCUT2D eigenvalue weighted by Gasteiger charge is -2.27. The van der Waals surface area contributed by atoms with Crippen molar-refractivity contribution < 1.29 is 23.6 Å². The molecule has 3 aliphatic rings. The molecule has 0 unspecified atom stereocenters. The van der Waals surface area contributed by atoms with Crippen molar-refractivity contribution in [1.82, 2.24) is 30.0 Å². The first kappa shape index (κ1) is 33.0. The van der Waals surface area contributed by atoms with Crippen LogP contribution in [-0.4, -0.2) is 66.8 Å². The van der Waals surface area contributed by atoms with E-state index >= 15 is 0 Å². The van der Waals surface area contributed by atoms with Crippen molar-refractivity contribution in [3.63, 3.8) is 0 Å². The number of benzene rings is 2. The number of piperidine rings is 1. The topological polar surface area (TPSA) is 139 Å². The number of halogens is 2. The van der Waals surface area contributed by atoms with Gasteiger partial charge in [0, 0.05) is 59.2 Å². The van der Waals surface area contributed by atoms with Crippen LogP contribution in [0.1, 0.15) is 73.7 Å². The summed E-state index contributed by atoms with van der Waals surface area (Å²) in [6.07, 6.45) is 8.92. The van der Waals surface area contributed by atoms with E-state index in [0.29, 0.717) is 53.4 Å². The maximum Gasteiger partial charge on any atom is 0.247 e. The Hall–Kier alpha value is -4.52. The summed E-state index contributed by atoms with van der Waals surface area (Å²) in [7, 11) is 0. The first-order valence-corrected chi connectivity index (χ1v) is 17.5. The minimum absolute atomic E-state index is 0.00718. The third-order valence-corrected chi connectivity index (χ3v) is 10.6. The smallest absolute Gasteiger partial charge is 0.247 e. The molecular weight excluding hydrogens is 693 g/mol. The molecule has 2 fully saturated rings. The third kappa shape index (κ3) is 6.48. The molecule has 3 amide bonds. The average Bonchev–Trinajstić information content (AvgIpc) is 3.48. The quantitative estimate of drug-likeness (QED) is 0.264. The van der Waals surface area contributed by atoms with Crippen LogP contribution in [0.25, 0.3) is 22.0 Å². The number of rotatable bonds is 4. The summed E-state index contributed by atoms with van der Waals surface area (Å²) >= 11 is 3.32. The number of aromatic nitrogens is 4. The second kappa shape index (κ2) is 13.1. The van der Waals surface area contributed by atoms with Crippen LogP contribution in [0.5, 0.6) is 0 Å². The molecule has 11 nitrogen and oxygen atoms in total. The molecule has 2 N–H and O–H groups in total. The molecule has 7 rings (SSSR count). The maximum atomic E-state index is 14.7. The number of carbonyl (C=O) groups excluding carboxylic acids is 4. The Morgan fingerprint density at radius 3 is 2.53 bits per heavy atom. The van der Waals surface area contributed by atoms with Crippen molar-refractivity contribution in [2.45, 2.75) is 83.8 Å². The highest BCUT2D eigenvalue weighted by atomic mass is 79.9.